The average Bonchev–Trinajstić information content (AvgIpc) is 2.88. The molecule has 0 amide bonds. The SMILES string of the molecule is C=C1C(=O)C23CC1CCC2C1(CCC(O)C(C)(COC(C)=O)C1C=O)COC3=O. The predicted molar refractivity (Wildman–Crippen MR) is 100 cm³/mol. The Morgan fingerprint density at radius 2 is 2.07 bits per heavy atom. The fraction of sp³-hybridized carbons (Fsp3) is 0.727. The van der Waals surface area contributed by atoms with E-state index < -0.39 is 40.2 Å². The first kappa shape index (κ1) is 20.3. The predicted octanol–water partition coefficient (Wildman–Crippen LogP) is 1.61. The molecule has 1 aliphatic heterocycles. The standard InChI is InChI=1S/C22H28O7/c1-12-14-4-5-15-21(11-29-19(27)22(15,8-14)18(12)26)7-6-17(25)20(3,16(21)9-23)10-28-13(2)24/h9,14-17,25H,1,4-8,10-11H2,2-3H3. The summed E-state index contributed by atoms with van der Waals surface area (Å²) in [4.78, 5) is 50.0. The number of carbonyl (C=O) groups excluding carboxylic acids is 4. The topological polar surface area (TPSA) is 107 Å². The van der Waals surface area contributed by atoms with Crippen LogP contribution in [-0.2, 0) is 28.7 Å². The molecule has 4 fully saturated rings. The number of aldehydes is 1. The third-order valence-corrected chi connectivity index (χ3v) is 8.38. The first-order valence-electron chi connectivity index (χ1n) is 10.3. The van der Waals surface area contributed by atoms with Gasteiger partial charge in [0.25, 0.3) is 0 Å². The fourth-order valence-electron chi connectivity index (χ4n) is 6.83. The molecule has 3 aliphatic carbocycles. The number of cyclic esters (lactones) is 1. The van der Waals surface area contributed by atoms with Crippen LogP contribution in [0.5, 0.6) is 0 Å². The van der Waals surface area contributed by atoms with Crippen molar-refractivity contribution < 1.29 is 33.8 Å². The third-order valence-electron chi connectivity index (χ3n) is 8.38. The lowest BCUT2D eigenvalue weighted by molar-refractivity contribution is -0.226. The second kappa shape index (κ2) is 6.49. The van der Waals surface area contributed by atoms with Crippen molar-refractivity contribution in [3.05, 3.63) is 12.2 Å². The molecule has 7 unspecified atom stereocenters. The molecule has 29 heavy (non-hydrogen) atoms. The Balaban J connectivity index is 1.81. The summed E-state index contributed by atoms with van der Waals surface area (Å²) >= 11 is 0. The van der Waals surface area contributed by atoms with Crippen molar-refractivity contribution >= 4 is 24.0 Å². The summed E-state index contributed by atoms with van der Waals surface area (Å²) in [6.45, 7) is 6.89. The Morgan fingerprint density at radius 3 is 2.72 bits per heavy atom. The number of aliphatic hydroxyl groups is 1. The summed E-state index contributed by atoms with van der Waals surface area (Å²) in [5, 5.41) is 10.8. The first-order chi connectivity index (χ1) is 13.6. The molecule has 4 aliphatic rings. The fourth-order valence-corrected chi connectivity index (χ4v) is 6.83. The number of carbonyl (C=O) groups is 4. The maximum absolute atomic E-state index is 13.2. The maximum atomic E-state index is 13.2. The lowest BCUT2D eigenvalue weighted by Crippen LogP contribution is -2.66. The smallest absolute Gasteiger partial charge is 0.320 e. The van der Waals surface area contributed by atoms with Gasteiger partial charge in [-0.3, -0.25) is 14.4 Å². The van der Waals surface area contributed by atoms with Crippen LogP contribution in [0.1, 0.15) is 46.0 Å². The van der Waals surface area contributed by atoms with E-state index in [-0.39, 0.29) is 30.8 Å². The monoisotopic (exact) mass is 404 g/mol. The maximum Gasteiger partial charge on any atom is 0.320 e. The van der Waals surface area contributed by atoms with Gasteiger partial charge in [0, 0.05) is 23.7 Å². The minimum Gasteiger partial charge on any atom is -0.465 e. The summed E-state index contributed by atoms with van der Waals surface area (Å²) in [6, 6.07) is 0. The molecule has 0 aromatic rings. The number of esters is 2. The van der Waals surface area contributed by atoms with Gasteiger partial charge < -0.3 is 19.4 Å². The number of allylic oxidation sites excluding steroid dienone is 1. The van der Waals surface area contributed by atoms with E-state index in [1.165, 1.54) is 6.92 Å². The molecule has 7 nitrogen and oxygen atoms in total. The molecule has 4 rings (SSSR count). The molecule has 2 spiro atoms. The molecule has 7 heteroatoms. The van der Waals surface area contributed by atoms with Gasteiger partial charge >= 0.3 is 11.9 Å². The molecule has 158 valence electrons. The highest BCUT2D eigenvalue weighted by molar-refractivity contribution is 6.15. The molecule has 3 saturated carbocycles. The van der Waals surface area contributed by atoms with E-state index in [2.05, 4.69) is 6.58 Å². The zero-order valence-corrected chi connectivity index (χ0v) is 16.9. The highest BCUT2D eigenvalue weighted by atomic mass is 16.5. The van der Waals surface area contributed by atoms with Crippen LogP contribution in [0, 0.1) is 34.0 Å². The van der Waals surface area contributed by atoms with Gasteiger partial charge in [0.1, 0.15) is 11.7 Å². The lowest BCUT2D eigenvalue weighted by atomic mass is 9.44. The van der Waals surface area contributed by atoms with Crippen LogP contribution in [0.4, 0.5) is 0 Å². The molecule has 1 N–H and O–H groups in total. The van der Waals surface area contributed by atoms with Crippen LogP contribution in [-0.4, -0.2) is 48.4 Å². The summed E-state index contributed by atoms with van der Waals surface area (Å²) in [5.41, 5.74) is -2.58. The van der Waals surface area contributed by atoms with Crippen LogP contribution in [0.25, 0.3) is 0 Å². The number of rotatable bonds is 3. The number of Topliss-reactive ketones (excluding diaryl/α,β-unsaturated/α-hetero) is 1. The zero-order valence-electron chi connectivity index (χ0n) is 16.9. The van der Waals surface area contributed by atoms with Crippen molar-refractivity contribution in [2.75, 3.05) is 13.2 Å². The van der Waals surface area contributed by atoms with Crippen LogP contribution in [0.2, 0.25) is 0 Å². The van der Waals surface area contributed by atoms with Crippen molar-refractivity contribution in [3.63, 3.8) is 0 Å². The second-order valence-electron chi connectivity index (χ2n) is 9.62. The molecular weight excluding hydrogens is 376 g/mol. The van der Waals surface area contributed by atoms with E-state index in [0.29, 0.717) is 31.3 Å². The Hall–Kier alpha value is -2.02. The Kier molecular flexibility index (Phi) is 4.53. The lowest BCUT2D eigenvalue weighted by Gasteiger charge is -2.61. The Morgan fingerprint density at radius 1 is 1.34 bits per heavy atom. The molecule has 1 saturated heterocycles. The molecular formula is C22H28O7. The quantitative estimate of drug-likeness (QED) is 0.330. The normalized spacial score (nSPS) is 46.2. The van der Waals surface area contributed by atoms with Crippen molar-refractivity contribution in [1.29, 1.82) is 0 Å². The van der Waals surface area contributed by atoms with Crippen molar-refractivity contribution in [2.24, 2.45) is 34.0 Å². The molecule has 7 atom stereocenters. The van der Waals surface area contributed by atoms with Gasteiger partial charge in [-0.05, 0) is 49.5 Å². The summed E-state index contributed by atoms with van der Waals surface area (Å²) in [7, 11) is 0. The molecule has 1 heterocycles. The third kappa shape index (κ3) is 2.46. The van der Waals surface area contributed by atoms with E-state index in [0.717, 1.165) is 12.7 Å². The molecule has 0 aromatic heterocycles. The van der Waals surface area contributed by atoms with E-state index in [1.807, 2.05) is 0 Å². The summed E-state index contributed by atoms with van der Waals surface area (Å²) in [6.07, 6.45) is 2.59. The van der Waals surface area contributed by atoms with Gasteiger partial charge in [-0.2, -0.15) is 0 Å². The highest BCUT2D eigenvalue weighted by Crippen LogP contribution is 2.67. The zero-order chi connectivity index (χ0) is 21.2. The molecule has 2 bridgehead atoms. The van der Waals surface area contributed by atoms with Gasteiger partial charge in [-0.25, -0.2) is 0 Å². The van der Waals surface area contributed by atoms with E-state index in [4.69, 9.17) is 9.47 Å². The van der Waals surface area contributed by atoms with Crippen molar-refractivity contribution in [2.45, 2.75) is 52.1 Å². The average molecular weight is 404 g/mol. The van der Waals surface area contributed by atoms with Crippen molar-refractivity contribution in [3.8, 4) is 0 Å². The number of ketones is 1. The van der Waals surface area contributed by atoms with Crippen LogP contribution >= 0.6 is 0 Å². The van der Waals surface area contributed by atoms with Crippen LogP contribution < -0.4 is 0 Å². The number of ether oxygens (including phenoxy) is 2. The van der Waals surface area contributed by atoms with Crippen LogP contribution in [0.15, 0.2) is 12.2 Å². The first-order valence-corrected chi connectivity index (χ1v) is 10.3. The number of aliphatic hydroxyl groups excluding tert-OH is 1. The van der Waals surface area contributed by atoms with Crippen molar-refractivity contribution in [1.82, 2.24) is 0 Å². The Bertz CT molecular complexity index is 803. The largest absolute Gasteiger partial charge is 0.465 e. The number of fused-ring (bicyclic) bond motifs is 2. The summed E-state index contributed by atoms with van der Waals surface area (Å²) in [5.74, 6) is -2.31. The van der Waals surface area contributed by atoms with Gasteiger partial charge in [0.05, 0.1) is 19.3 Å². The highest BCUT2D eigenvalue weighted by Gasteiger charge is 2.73. The van der Waals surface area contributed by atoms with Gasteiger partial charge in [0.15, 0.2) is 5.78 Å². The van der Waals surface area contributed by atoms with Gasteiger partial charge in [-0.1, -0.05) is 13.5 Å². The van der Waals surface area contributed by atoms with Crippen LogP contribution in [0.3, 0.4) is 0 Å². The minimum absolute atomic E-state index is 0.0160. The van der Waals surface area contributed by atoms with Gasteiger partial charge in [0.2, 0.25) is 0 Å². The molecule has 0 aromatic carbocycles. The van der Waals surface area contributed by atoms with E-state index in [1.54, 1.807) is 6.92 Å². The number of hydrogen-bond acceptors (Lipinski definition) is 7. The Labute approximate surface area is 169 Å². The molecule has 0 radical (unpaired) electrons. The second-order valence-corrected chi connectivity index (χ2v) is 9.62. The minimum atomic E-state index is -1.27. The number of hydrogen-bond donors (Lipinski definition) is 1. The van der Waals surface area contributed by atoms with E-state index >= 15 is 0 Å². The summed E-state index contributed by atoms with van der Waals surface area (Å²) < 4.78 is 10.8. The van der Waals surface area contributed by atoms with E-state index in [9.17, 15) is 24.3 Å². The van der Waals surface area contributed by atoms with Gasteiger partial charge in [-0.15, -0.1) is 0 Å².